The second-order valence-electron chi connectivity index (χ2n) is 2.56. The summed E-state index contributed by atoms with van der Waals surface area (Å²) >= 11 is 9.24. The van der Waals surface area contributed by atoms with Gasteiger partial charge in [0.1, 0.15) is 6.07 Å². The molecule has 0 radical (unpaired) electrons. The number of nitrogens with zero attached hydrogens (tertiary/aromatic N) is 1. The minimum atomic E-state index is 0.731. The lowest BCUT2D eigenvalue weighted by atomic mass is 10.2. The summed E-state index contributed by atoms with van der Waals surface area (Å²) in [7, 11) is 0. The van der Waals surface area contributed by atoms with E-state index in [1.807, 2.05) is 17.5 Å². The molecular weight excluding hydrogens is 266 g/mol. The first-order valence-corrected chi connectivity index (χ1v) is 5.64. The second kappa shape index (κ2) is 3.33. The number of hydrogen-bond acceptors (Lipinski definition) is 3. The maximum atomic E-state index is 8.81. The van der Waals surface area contributed by atoms with E-state index in [2.05, 4.69) is 34.6 Å². The van der Waals surface area contributed by atoms with Gasteiger partial charge in [-0.2, -0.15) is 5.26 Å². The molecule has 4 heteroatoms. The highest BCUT2D eigenvalue weighted by Gasteiger charge is 2.05. The number of fused-ring (bicyclic) bond motifs is 1. The first kappa shape index (κ1) is 9.07. The van der Waals surface area contributed by atoms with Gasteiger partial charge in [-0.25, -0.2) is 0 Å². The Morgan fingerprint density at radius 3 is 2.92 bits per heavy atom. The van der Waals surface area contributed by atoms with Gasteiger partial charge in [0.05, 0.1) is 5.56 Å². The van der Waals surface area contributed by atoms with Crippen LogP contribution in [0.1, 0.15) is 5.56 Å². The van der Waals surface area contributed by atoms with Gasteiger partial charge < -0.3 is 0 Å². The molecule has 0 amide bonds. The minimum absolute atomic E-state index is 0.731. The zero-order valence-electron chi connectivity index (χ0n) is 6.41. The number of nitriles is 1. The molecule has 1 aromatic carbocycles. The van der Waals surface area contributed by atoms with Crippen molar-refractivity contribution in [2.45, 2.75) is 4.90 Å². The van der Waals surface area contributed by atoms with Gasteiger partial charge in [0.2, 0.25) is 0 Å². The molecule has 2 rings (SSSR count). The van der Waals surface area contributed by atoms with Gasteiger partial charge in [0, 0.05) is 24.8 Å². The van der Waals surface area contributed by atoms with Crippen molar-refractivity contribution in [2.24, 2.45) is 0 Å². The molecule has 2 aromatic rings. The normalized spacial score (nSPS) is 10.2. The molecule has 0 fully saturated rings. The summed E-state index contributed by atoms with van der Waals surface area (Å²) in [5.74, 6) is 0. The third kappa shape index (κ3) is 1.48. The lowest BCUT2D eigenvalue weighted by molar-refractivity contribution is 1.47. The van der Waals surface area contributed by atoms with Gasteiger partial charge in [-0.1, -0.05) is 0 Å². The molecule has 0 aliphatic heterocycles. The Morgan fingerprint density at radius 1 is 1.46 bits per heavy atom. The molecule has 0 bridgehead atoms. The Balaban J connectivity index is 2.86. The van der Waals surface area contributed by atoms with Crippen molar-refractivity contribution in [1.82, 2.24) is 0 Å². The first-order chi connectivity index (χ1) is 6.22. The van der Waals surface area contributed by atoms with Crippen LogP contribution in [0.4, 0.5) is 0 Å². The van der Waals surface area contributed by atoms with Crippen molar-refractivity contribution < 1.29 is 0 Å². The number of benzene rings is 1. The molecule has 0 unspecified atom stereocenters. The van der Waals surface area contributed by atoms with E-state index in [1.165, 1.54) is 0 Å². The number of thiol groups is 1. The van der Waals surface area contributed by atoms with Crippen LogP contribution in [-0.2, 0) is 0 Å². The molecule has 0 aliphatic rings. The monoisotopic (exact) mass is 269 g/mol. The van der Waals surface area contributed by atoms with E-state index in [9.17, 15) is 0 Å². The van der Waals surface area contributed by atoms with Gasteiger partial charge in [-0.3, -0.25) is 0 Å². The zero-order chi connectivity index (χ0) is 9.42. The van der Waals surface area contributed by atoms with E-state index in [0.29, 0.717) is 0 Å². The third-order valence-corrected chi connectivity index (χ3v) is 4.04. The lowest BCUT2D eigenvalue weighted by Gasteiger charge is -1.96. The maximum Gasteiger partial charge on any atom is 0.101 e. The average molecular weight is 270 g/mol. The largest absolute Gasteiger partial charge is 0.192 e. The highest BCUT2D eigenvalue weighted by molar-refractivity contribution is 9.10. The van der Waals surface area contributed by atoms with Crippen molar-refractivity contribution in [1.29, 1.82) is 5.26 Å². The van der Waals surface area contributed by atoms with Crippen molar-refractivity contribution in [3.8, 4) is 6.07 Å². The quantitative estimate of drug-likeness (QED) is 0.723. The maximum absolute atomic E-state index is 8.81. The molecule has 1 nitrogen and oxygen atoms in total. The van der Waals surface area contributed by atoms with Crippen LogP contribution in [0.3, 0.4) is 0 Å². The zero-order valence-corrected chi connectivity index (χ0v) is 9.71. The summed E-state index contributed by atoms with van der Waals surface area (Å²) in [6, 6.07) is 6.06. The van der Waals surface area contributed by atoms with Crippen LogP contribution in [0.5, 0.6) is 0 Å². The summed E-state index contributed by atoms with van der Waals surface area (Å²) in [6.45, 7) is 0. The standard InChI is InChI=1S/C9H4BrNS2/c10-7-1-6-5(3-11)4-13-9(6)2-8(7)12/h1-2,4,12H. The number of rotatable bonds is 0. The van der Waals surface area contributed by atoms with Gasteiger partial charge in [0.15, 0.2) is 0 Å². The number of halogens is 1. The Kier molecular flexibility index (Phi) is 2.33. The summed E-state index contributed by atoms with van der Waals surface area (Å²) in [4.78, 5) is 0.902. The predicted octanol–water partition coefficient (Wildman–Crippen LogP) is 3.82. The van der Waals surface area contributed by atoms with Crippen LogP contribution < -0.4 is 0 Å². The van der Waals surface area contributed by atoms with E-state index in [4.69, 9.17) is 5.26 Å². The molecule has 0 spiro atoms. The van der Waals surface area contributed by atoms with E-state index in [1.54, 1.807) is 11.3 Å². The van der Waals surface area contributed by atoms with Gasteiger partial charge >= 0.3 is 0 Å². The predicted molar refractivity (Wildman–Crippen MR) is 61.5 cm³/mol. The van der Waals surface area contributed by atoms with E-state index >= 15 is 0 Å². The Hall–Kier alpha value is -0.500. The van der Waals surface area contributed by atoms with Crippen LogP contribution in [0.25, 0.3) is 10.1 Å². The lowest BCUT2D eigenvalue weighted by Crippen LogP contribution is -1.72. The van der Waals surface area contributed by atoms with Crippen molar-refractivity contribution in [3.05, 3.63) is 27.5 Å². The molecule has 0 saturated carbocycles. The SMILES string of the molecule is N#Cc1csc2cc(S)c(Br)cc12. The van der Waals surface area contributed by atoms with Crippen LogP contribution in [0, 0.1) is 11.3 Å². The molecule has 0 N–H and O–H groups in total. The highest BCUT2D eigenvalue weighted by Crippen LogP contribution is 2.32. The second-order valence-corrected chi connectivity index (χ2v) is 4.81. The highest BCUT2D eigenvalue weighted by atomic mass is 79.9. The Morgan fingerprint density at radius 2 is 2.23 bits per heavy atom. The Bertz CT molecular complexity index is 510. The average Bonchev–Trinajstić information content (AvgIpc) is 2.48. The molecule has 1 heterocycles. The van der Waals surface area contributed by atoms with Crippen LogP contribution in [0.15, 0.2) is 26.9 Å². The van der Waals surface area contributed by atoms with Gasteiger partial charge in [-0.05, 0) is 28.1 Å². The molecule has 0 atom stereocenters. The fourth-order valence-corrected chi connectivity index (χ4v) is 2.65. The van der Waals surface area contributed by atoms with Crippen LogP contribution in [0.2, 0.25) is 0 Å². The molecule has 0 saturated heterocycles. The first-order valence-electron chi connectivity index (χ1n) is 3.52. The fraction of sp³-hybridized carbons (Fsp3) is 0. The number of thiophene rings is 1. The topological polar surface area (TPSA) is 23.8 Å². The molecule has 64 valence electrons. The summed E-state index contributed by atoms with van der Waals surface area (Å²) in [5, 5.41) is 11.7. The van der Waals surface area contributed by atoms with Crippen LogP contribution in [-0.4, -0.2) is 0 Å². The Labute approximate surface area is 93.5 Å². The van der Waals surface area contributed by atoms with Crippen molar-refractivity contribution >= 4 is 50.0 Å². The number of hydrogen-bond donors (Lipinski definition) is 1. The van der Waals surface area contributed by atoms with Crippen molar-refractivity contribution in [3.63, 3.8) is 0 Å². The van der Waals surface area contributed by atoms with Crippen molar-refractivity contribution in [2.75, 3.05) is 0 Å². The van der Waals surface area contributed by atoms with Gasteiger partial charge in [-0.15, -0.1) is 24.0 Å². The smallest absolute Gasteiger partial charge is 0.101 e. The van der Waals surface area contributed by atoms with E-state index in [0.717, 1.165) is 25.0 Å². The molecule has 0 aliphatic carbocycles. The van der Waals surface area contributed by atoms with Gasteiger partial charge in [0.25, 0.3) is 0 Å². The molecule has 13 heavy (non-hydrogen) atoms. The van der Waals surface area contributed by atoms with Crippen LogP contribution >= 0.6 is 39.9 Å². The summed E-state index contributed by atoms with van der Waals surface area (Å²) in [5.41, 5.74) is 0.731. The summed E-state index contributed by atoms with van der Waals surface area (Å²) in [6.07, 6.45) is 0. The van der Waals surface area contributed by atoms with E-state index in [-0.39, 0.29) is 0 Å². The molecular formula is C9H4BrNS2. The third-order valence-electron chi connectivity index (χ3n) is 1.76. The minimum Gasteiger partial charge on any atom is -0.192 e. The summed E-state index contributed by atoms with van der Waals surface area (Å²) < 4.78 is 2.03. The van der Waals surface area contributed by atoms with E-state index < -0.39 is 0 Å². The fourth-order valence-electron chi connectivity index (χ4n) is 1.12. The molecule has 1 aromatic heterocycles.